The molecule has 0 fully saturated rings. The van der Waals surface area contributed by atoms with Crippen LogP contribution in [0.5, 0.6) is 5.75 Å². The van der Waals surface area contributed by atoms with Gasteiger partial charge in [-0.25, -0.2) is 9.37 Å². The lowest BCUT2D eigenvalue weighted by atomic mass is 10.2. The Hall–Kier alpha value is -3.36. The van der Waals surface area contributed by atoms with Crippen molar-refractivity contribution in [2.24, 2.45) is 0 Å². The number of nitrogens with one attached hydrogen (secondary N) is 1. The molecule has 33 heavy (non-hydrogen) atoms. The summed E-state index contributed by atoms with van der Waals surface area (Å²) in [6.07, 6.45) is 0. The van der Waals surface area contributed by atoms with Gasteiger partial charge in [0.15, 0.2) is 5.16 Å². The van der Waals surface area contributed by atoms with E-state index >= 15 is 0 Å². The molecule has 0 aliphatic rings. The van der Waals surface area contributed by atoms with Crippen LogP contribution in [0.25, 0.3) is 16.6 Å². The Balaban J connectivity index is 1.64. The summed E-state index contributed by atoms with van der Waals surface area (Å²) < 4.78 is 20.3. The van der Waals surface area contributed by atoms with Crippen LogP contribution >= 0.6 is 23.4 Å². The van der Waals surface area contributed by atoms with Crippen molar-refractivity contribution in [2.75, 3.05) is 17.7 Å². The normalized spacial score (nSPS) is 10.9. The molecular formula is C24H19ClFN3O3S. The van der Waals surface area contributed by atoms with Crippen LogP contribution in [0.2, 0.25) is 5.02 Å². The second-order valence-corrected chi connectivity index (χ2v) is 8.29. The number of carbonyl (C=O) groups excluding carboxylic acids is 1. The number of benzene rings is 3. The standard InChI is InChI=1S/C24H19ClFN3O3S/c1-2-32-17-10-8-16(9-11-17)29-23(31)18-5-3-4-6-21(18)28-24(29)33-14-22(30)27-15-7-12-20(26)19(25)13-15/h3-13H,2,14H2,1H3,(H,27,30). The highest BCUT2D eigenvalue weighted by atomic mass is 35.5. The van der Waals surface area contributed by atoms with Crippen molar-refractivity contribution in [3.63, 3.8) is 0 Å². The number of halogens is 2. The van der Waals surface area contributed by atoms with Crippen molar-refractivity contribution in [3.05, 3.63) is 87.9 Å². The molecule has 0 unspecified atom stereocenters. The van der Waals surface area contributed by atoms with E-state index in [1.807, 2.05) is 6.92 Å². The summed E-state index contributed by atoms with van der Waals surface area (Å²) in [7, 11) is 0. The monoisotopic (exact) mass is 483 g/mol. The predicted molar refractivity (Wildman–Crippen MR) is 129 cm³/mol. The predicted octanol–water partition coefficient (Wildman–Crippen LogP) is 5.31. The summed E-state index contributed by atoms with van der Waals surface area (Å²) in [6.45, 7) is 2.43. The van der Waals surface area contributed by atoms with E-state index in [-0.39, 0.29) is 22.2 Å². The molecule has 0 aliphatic carbocycles. The fourth-order valence-electron chi connectivity index (χ4n) is 3.20. The van der Waals surface area contributed by atoms with Gasteiger partial charge in [0.2, 0.25) is 5.91 Å². The first-order valence-electron chi connectivity index (χ1n) is 10.1. The molecule has 4 rings (SSSR count). The van der Waals surface area contributed by atoms with Crippen LogP contribution < -0.4 is 15.6 Å². The van der Waals surface area contributed by atoms with E-state index < -0.39 is 5.82 Å². The number of hydrogen-bond donors (Lipinski definition) is 1. The maximum atomic E-state index is 13.3. The van der Waals surface area contributed by atoms with Gasteiger partial charge in [0.05, 0.1) is 34.0 Å². The number of rotatable bonds is 7. The van der Waals surface area contributed by atoms with Crippen LogP contribution in [0.4, 0.5) is 10.1 Å². The van der Waals surface area contributed by atoms with Crippen LogP contribution in [0.3, 0.4) is 0 Å². The Kier molecular flexibility index (Phi) is 6.96. The third-order valence-electron chi connectivity index (χ3n) is 4.69. The fourth-order valence-corrected chi connectivity index (χ4v) is 4.19. The topological polar surface area (TPSA) is 73.2 Å². The molecule has 0 saturated heterocycles. The maximum absolute atomic E-state index is 13.3. The molecule has 0 saturated carbocycles. The number of fused-ring (bicyclic) bond motifs is 1. The third-order valence-corrected chi connectivity index (χ3v) is 5.91. The van der Waals surface area contributed by atoms with Crippen molar-refractivity contribution in [3.8, 4) is 11.4 Å². The van der Waals surface area contributed by atoms with Crippen molar-refractivity contribution in [2.45, 2.75) is 12.1 Å². The fraction of sp³-hybridized carbons (Fsp3) is 0.125. The van der Waals surface area contributed by atoms with Gasteiger partial charge in [-0.2, -0.15) is 0 Å². The minimum Gasteiger partial charge on any atom is -0.494 e. The Labute approximate surface area is 198 Å². The van der Waals surface area contributed by atoms with E-state index in [0.717, 1.165) is 11.8 Å². The summed E-state index contributed by atoms with van der Waals surface area (Å²) in [5.41, 5.74) is 1.29. The van der Waals surface area contributed by atoms with Gasteiger partial charge in [0.1, 0.15) is 11.6 Å². The number of carbonyl (C=O) groups is 1. The number of amides is 1. The molecule has 0 bridgehead atoms. The van der Waals surface area contributed by atoms with Gasteiger partial charge >= 0.3 is 0 Å². The molecule has 0 spiro atoms. The summed E-state index contributed by atoms with van der Waals surface area (Å²) >= 11 is 6.90. The molecular weight excluding hydrogens is 465 g/mol. The van der Waals surface area contributed by atoms with Gasteiger partial charge in [0.25, 0.3) is 5.56 Å². The number of para-hydroxylation sites is 1. The summed E-state index contributed by atoms with van der Waals surface area (Å²) in [4.78, 5) is 30.4. The Morgan fingerprint density at radius 1 is 1.15 bits per heavy atom. The first-order chi connectivity index (χ1) is 16.0. The maximum Gasteiger partial charge on any atom is 0.266 e. The molecule has 6 nitrogen and oxygen atoms in total. The van der Waals surface area contributed by atoms with E-state index in [9.17, 15) is 14.0 Å². The Bertz CT molecular complexity index is 1380. The molecule has 0 atom stereocenters. The average molecular weight is 484 g/mol. The third kappa shape index (κ3) is 5.18. The highest BCUT2D eigenvalue weighted by molar-refractivity contribution is 7.99. The largest absolute Gasteiger partial charge is 0.494 e. The number of aromatic nitrogens is 2. The molecule has 0 radical (unpaired) electrons. The first-order valence-corrected chi connectivity index (χ1v) is 11.5. The molecule has 1 amide bonds. The number of anilines is 1. The highest BCUT2D eigenvalue weighted by Crippen LogP contribution is 2.24. The molecule has 9 heteroatoms. The van der Waals surface area contributed by atoms with Crippen molar-refractivity contribution >= 4 is 45.9 Å². The Morgan fingerprint density at radius 3 is 2.64 bits per heavy atom. The van der Waals surface area contributed by atoms with E-state index in [1.54, 1.807) is 48.5 Å². The van der Waals surface area contributed by atoms with E-state index in [2.05, 4.69) is 10.3 Å². The molecule has 0 aliphatic heterocycles. The summed E-state index contributed by atoms with van der Waals surface area (Å²) in [6, 6.07) is 18.1. The number of hydrogen-bond acceptors (Lipinski definition) is 5. The second-order valence-electron chi connectivity index (χ2n) is 6.94. The number of ether oxygens (including phenoxy) is 1. The molecule has 1 aromatic heterocycles. The van der Waals surface area contributed by atoms with Gasteiger partial charge in [0, 0.05) is 5.69 Å². The van der Waals surface area contributed by atoms with Gasteiger partial charge in [-0.3, -0.25) is 14.2 Å². The van der Waals surface area contributed by atoms with Gasteiger partial charge in [-0.15, -0.1) is 0 Å². The van der Waals surface area contributed by atoms with Crippen LogP contribution in [0, 0.1) is 5.82 Å². The molecule has 168 valence electrons. The molecule has 3 aromatic carbocycles. The van der Waals surface area contributed by atoms with E-state index in [0.29, 0.717) is 39.8 Å². The molecule has 1 N–H and O–H groups in total. The van der Waals surface area contributed by atoms with Crippen LogP contribution in [-0.4, -0.2) is 27.8 Å². The Morgan fingerprint density at radius 2 is 1.91 bits per heavy atom. The van der Waals surface area contributed by atoms with Crippen LogP contribution in [0.15, 0.2) is 76.7 Å². The van der Waals surface area contributed by atoms with Crippen molar-refractivity contribution in [1.82, 2.24) is 9.55 Å². The van der Waals surface area contributed by atoms with Crippen LogP contribution in [-0.2, 0) is 4.79 Å². The van der Waals surface area contributed by atoms with Gasteiger partial charge < -0.3 is 10.1 Å². The zero-order chi connectivity index (χ0) is 23.4. The molecule has 1 heterocycles. The van der Waals surface area contributed by atoms with E-state index in [1.165, 1.54) is 22.8 Å². The van der Waals surface area contributed by atoms with E-state index in [4.69, 9.17) is 16.3 Å². The van der Waals surface area contributed by atoms with Crippen molar-refractivity contribution in [1.29, 1.82) is 0 Å². The lowest BCUT2D eigenvalue weighted by Crippen LogP contribution is -2.23. The van der Waals surface area contributed by atoms with Gasteiger partial charge in [-0.05, 0) is 61.5 Å². The smallest absolute Gasteiger partial charge is 0.266 e. The lowest BCUT2D eigenvalue weighted by Gasteiger charge is -2.14. The molecule has 4 aromatic rings. The first kappa shape index (κ1) is 22.8. The van der Waals surface area contributed by atoms with Crippen molar-refractivity contribution < 1.29 is 13.9 Å². The van der Waals surface area contributed by atoms with Gasteiger partial charge in [-0.1, -0.05) is 35.5 Å². The number of nitrogens with zero attached hydrogens (tertiary/aromatic N) is 2. The minimum absolute atomic E-state index is 0.0171. The highest BCUT2D eigenvalue weighted by Gasteiger charge is 2.15. The minimum atomic E-state index is -0.566. The SMILES string of the molecule is CCOc1ccc(-n2c(SCC(=O)Nc3ccc(F)c(Cl)c3)nc3ccccc3c2=O)cc1. The quantitative estimate of drug-likeness (QED) is 0.285. The summed E-state index contributed by atoms with van der Waals surface area (Å²) in [5, 5.41) is 3.43. The zero-order valence-corrected chi connectivity index (χ0v) is 19.1. The second kappa shape index (κ2) is 10.1. The average Bonchev–Trinajstić information content (AvgIpc) is 2.81. The lowest BCUT2D eigenvalue weighted by molar-refractivity contribution is -0.113. The van der Waals surface area contributed by atoms with Crippen LogP contribution in [0.1, 0.15) is 6.92 Å². The number of thioether (sulfide) groups is 1. The summed E-state index contributed by atoms with van der Waals surface area (Å²) in [5.74, 6) is -0.238. The zero-order valence-electron chi connectivity index (χ0n) is 17.5.